The van der Waals surface area contributed by atoms with E-state index in [1.54, 1.807) is 17.0 Å². The van der Waals surface area contributed by atoms with Crippen LogP contribution in [0, 0.1) is 5.41 Å². The molecule has 1 saturated heterocycles. The molecule has 2 aliphatic rings. The molecule has 4 amide bonds. The number of halogens is 2. The molecule has 3 aromatic carbocycles. The number of hydrogen-bond donors (Lipinski definition) is 4. The smallest absolute Gasteiger partial charge is 0.326 e. The van der Waals surface area contributed by atoms with E-state index in [0.29, 0.717) is 18.8 Å². The number of carbonyl (C=O) groups is 5. The summed E-state index contributed by atoms with van der Waals surface area (Å²) in [6.07, 6.45) is 5.66. The molecule has 12 heteroatoms. The topological polar surface area (TPSA) is 145 Å². The van der Waals surface area contributed by atoms with Gasteiger partial charge in [-0.15, -0.1) is 0 Å². The SMILES string of the molecule is O=C(C[C@@H](NC(=O)CC[C@@H](NC(=O)c1cc(Cl)cc(Cl)c1)C(=O)N1CCC2(CCCC2)CC1)C(=O)O)Nc1cccc2ccccc12. The maximum atomic E-state index is 13.7. The molecular formula is C35H38Cl2N4O6. The first-order valence-electron chi connectivity index (χ1n) is 15.9. The van der Waals surface area contributed by atoms with E-state index in [1.165, 1.54) is 31.0 Å². The second-order valence-corrected chi connectivity index (χ2v) is 13.4. The van der Waals surface area contributed by atoms with Crippen molar-refractivity contribution in [3.8, 4) is 0 Å². The summed E-state index contributed by atoms with van der Waals surface area (Å²) in [6, 6.07) is 14.6. The van der Waals surface area contributed by atoms with Gasteiger partial charge in [-0.1, -0.05) is 72.4 Å². The van der Waals surface area contributed by atoms with Crippen LogP contribution in [0.5, 0.6) is 0 Å². The molecular weight excluding hydrogens is 643 g/mol. The van der Waals surface area contributed by atoms with Crippen LogP contribution in [0.2, 0.25) is 10.0 Å². The van der Waals surface area contributed by atoms with Crippen molar-refractivity contribution in [3.05, 3.63) is 76.3 Å². The van der Waals surface area contributed by atoms with Gasteiger partial charge in [0.2, 0.25) is 17.7 Å². The Bertz CT molecular complexity index is 1640. The van der Waals surface area contributed by atoms with Gasteiger partial charge < -0.3 is 26.0 Å². The second kappa shape index (κ2) is 15.2. The van der Waals surface area contributed by atoms with Crippen LogP contribution in [0.25, 0.3) is 10.8 Å². The van der Waals surface area contributed by atoms with Crippen LogP contribution < -0.4 is 16.0 Å². The van der Waals surface area contributed by atoms with Gasteiger partial charge in [0.1, 0.15) is 12.1 Å². The van der Waals surface area contributed by atoms with Gasteiger partial charge in [-0.25, -0.2) is 4.79 Å². The van der Waals surface area contributed by atoms with Crippen LogP contribution in [0.3, 0.4) is 0 Å². The number of piperidine rings is 1. The minimum Gasteiger partial charge on any atom is -0.480 e. The van der Waals surface area contributed by atoms with Crippen molar-refractivity contribution in [3.63, 3.8) is 0 Å². The Hall–Kier alpha value is -4.15. The predicted octanol–water partition coefficient (Wildman–Crippen LogP) is 5.81. The van der Waals surface area contributed by atoms with Crippen molar-refractivity contribution >= 4 is 69.3 Å². The molecule has 47 heavy (non-hydrogen) atoms. The second-order valence-electron chi connectivity index (χ2n) is 12.5. The number of fused-ring (bicyclic) bond motifs is 1. The van der Waals surface area contributed by atoms with Crippen LogP contribution >= 0.6 is 23.2 Å². The lowest BCUT2D eigenvalue weighted by atomic mass is 9.77. The van der Waals surface area contributed by atoms with Gasteiger partial charge in [0.15, 0.2) is 0 Å². The van der Waals surface area contributed by atoms with Gasteiger partial charge in [0.05, 0.1) is 6.42 Å². The quantitative estimate of drug-likeness (QED) is 0.201. The summed E-state index contributed by atoms with van der Waals surface area (Å²) in [5.41, 5.74) is 0.966. The molecule has 1 heterocycles. The summed E-state index contributed by atoms with van der Waals surface area (Å²) in [5, 5.41) is 19.9. The van der Waals surface area contributed by atoms with Gasteiger partial charge in [-0.3, -0.25) is 19.2 Å². The Morgan fingerprint density at radius 3 is 2.15 bits per heavy atom. The van der Waals surface area contributed by atoms with Crippen molar-refractivity contribution in [2.24, 2.45) is 5.41 Å². The number of nitrogens with zero attached hydrogens (tertiary/aromatic N) is 1. The highest BCUT2D eigenvalue weighted by atomic mass is 35.5. The number of carbonyl (C=O) groups excluding carboxylic acids is 4. The Kier molecular flexibility index (Phi) is 11.0. The number of anilines is 1. The van der Waals surface area contributed by atoms with E-state index in [1.807, 2.05) is 30.3 Å². The van der Waals surface area contributed by atoms with Crippen molar-refractivity contribution in [1.82, 2.24) is 15.5 Å². The fraction of sp³-hybridized carbons (Fsp3) is 0.400. The Balaban J connectivity index is 1.22. The van der Waals surface area contributed by atoms with Crippen LogP contribution in [0.4, 0.5) is 5.69 Å². The number of carboxylic acids is 1. The molecule has 5 rings (SSSR count). The summed E-state index contributed by atoms with van der Waals surface area (Å²) < 4.78 is 0. The number of hydrogen-bond acceptors (Lipinski definition) is 5. The summed E-state index contributed by atoms with van der Waals surface area (Å²) >= 11 is 12.2. The zero-order chi connectivity index (χ0) is 33.6. The number of amides is 4. The first-order valence-corrected chi connectivity index (χ1v) is 16.6. The molecule has 1 aliphatic carbocycles. The zero-order valence-electron chi connectivity index (χ0n) is 25.9. The fourth-order valence-electron chi connectivity index (χ4n) is 6.69. The maximum absolute atomic E-state index is 13.7. The molecule has 3 aromatic rings. The van der Waals surface area contributed by atoms with Gasteiger partial charge in [0.25, 0.3) is 5.91 Å². The summed E-state index contributed by atoms with van der Waals surface area (Å²) in [5.74, 6) is -3.52. The number of nitrogens with one attached hydrogen (secondary N) is 3. The Morgan fingerprint density at radius 1 is 0.809 bits per heavy atom. The third-order valence-corrected chi connectivity index (χ3v) is 9.71. The van der Waals surface area contributed by atoms with Gasteiger partial charge in [-0.05, 0) is 67.2 Å². The molecule has 1 spiro atoms. The Labute approximate surface area is 283 Å². The van der Waals surface area contributed by atoms with Gasteiger partial charge in [0, 0.05) is 46.2 Å². The normalized spacial score (nSPS) is 16.8. The zero-order valence-corrected chi connectivity index (χ0v) is 27.4. The molecule has 0 unspecified atom stereocenters. The standard InChI is InChI=1S/C35H38Cl2N4O6/c36-24-18-23(19-25(37)20-24)32(44)40-28(33(45)41-16-14-35(15-17-41)12-3-4-13-35)10-11-30(42)39-29(34(46)47)21-31(43)38-27-9-5-7-22-6-1-2-8-26(22)27/h1-2,5-9,18-20,28-29H,3-4,10-17,21H2,(H,38,43)(H,39,42)(H,40,44)(H,46,47)/t28-,29-/m1/s1. The molecule has 0 aromatic heterocycles. The van der Waals surface area contributed by atoms with Crippen molar-refractivity contribution in [2.45, 2.75) is 69.9 Å². The van der Waals surface area contributed by atoms with E-state index in [9.17, 15) is 29.1 Å². The number of aliphatic carboxylic acids is 1. The monoisotopic (exact) mass is 680 g/mol. The third kappa shape index (κ3) is 8.81. The first kappa shape index (κ1) is 34.2. The lowest BCUT2D eigenvalue weighted by Gasteiger charge is -2.40. The van der Waals surface area contributed by atoms with Crippen LogP contribution in [0.1, 0.15) is 68.1 Å². The van der Waals surface area contributed by atoms with Crippen LogP contribution in [-0.4, -0.2) is 64.8 Å². The molecule has 2 atom stereocenters. The predicted molar refractivity (Wildman–Crippen MR) is 180 cm³/mol. The molecule has 0 bridgehead atoms. The van der Waals surface area contributed by atoms with Crippen molar-refractivity contribution < 1.29 is 29.1 Å². The molecule has 1 saturated carbocycles. The lowest BCUT2D eigenvalue weighted by molar-refractivity contribution is -0.143. The van der Waals surface area contributed by atoms with Crippen LogP contribution in [0.15, 0.2) is 60.7 Å². The number of rotatable bonds is 11. The minimum atomic E-state index is -1.50. The van der Waals surface area contributed by atoms with Gasteiger partial charge in [-0.2, -0.15) is 0 Å². The maximum Gasteiger partial charge on any atom is 0.326 e. The van der Waals surface area contributed by atoms with E-state index >= 15 is 0 Å². The summed E-state index contributed by atoms with van der Waals surface area (Å²) in [7, 11) is 0. The molecule has 2 fully saturated rings. The number of likely N-dealkylation sites (tertiary alicyclic amines) is 1. The summed E-state index contributed by atoms with van der Waals surface area (Å²) in [6.45, 7) is 1.13. The van der Waals surface area contributed by atoms with E-state index in [-0.39, 0.29) is 39.8 Å². The first-order chi connectivity index (χ1) is 22.5. The highest BCUT2D eigenvalue weighted by Gasteiger charge is 2.39. The highest BCUT2D eigenvalue weighted by molar-refractivity contribution is 6.35. The minimum absolute atomic E-state index is 0.0825. The molecule has 10 nitrogen and oxygen atoms in total. The van der Waals surface area contributed by atoms with E-state index in [2.05, 4.69) is 16.0 Å². The van der Waals surface area contributed by atoms with Crippen molar-refractivity contribution in [2.75, 3.05) is 18.4 Å². The van der Waals surface area contributed by atoms with Gasteiger partial charge >= 0.3 is 5.97 Å². The van der Waals surface area contributed by atoms with E-state index in [0.717, 1.165) is 36.5 Å². The summed E-state index contributed by atoms with van der Waals surface area (Å²) in [4.78, 5) is 66.5. The number of carboxylic acid groups (broad SMARTS) is 1. The highest BCUT2D eigenvalue weighted by Crippen LogP contribution is 2.46. The molecule has 1 aliphatic heterocycles. The van der Waals surface area contributed by atoms with Crippen LogP contribution in [-0.2, 0) is 19.2 Å². The fourth-order valence-corrected chi connectivity index (χ4v) is 7.22. The lowest BCUT2D eigenvalue weighted by Crippen LogP contribution is -2.52. The molecule has 4 N–H and O–H groups in total. The van der Waals surface area contributed by atoms with E-state index in [4.69, 9.17) is 23.2 Å². The number of benzene rings is 3. The Morgan fingerprint density at radius 2 is 1.47 bits per heavy atom. The molecule has 0 radical (unpaired) electrons. The average molecular weight is 682 g/mol. The average Bonchev–Trinajstić information content (AvgIpc) is 3.50. The largest absolute Gasteiger partial charge is 0.480 e. The van der Waals surface area contributed by atoms with Crippen molar-refractivity contribution in [1.29, 1.82) is 0 Å². The molecule has 248 valence electrons. The van der Waals surface area contributed by atoms with E-state index < -0.39 is 42.2 Å². The third-order valence-electron chi connectivity index (χ3n) is 9.27.